The predicted octanol–water partition coefficient (Wildman–Crippen LogP) is 4.35. The Bertz CT molecular complexity index is 661. The molecular weight excluding hydrogens is 268 g/mol. The molecule has 0 amide bonds. The first-order valence-corrected chi connectivity index (χ1v) is 7.98. The molecule has 0 spiro atoms. The zero-order valence-corrected chi connectivity index (χ0v) is 13.7. The summed E-state index contributed by atoms with van der Waals surface area (Å²) in [4.78, 5) is 4.58. The molecule has 22 heavy (non-hydrogen) atoms. The highest BCUT2D eigenvalue weighted by atomic mass is 15.4. The summed E-state index contributed by atoms with van der Waals surface area (Å²) in [7, 11) is 2.12. The topological polar surface area (TPSA) is 6.48 Å². The van der Waals surface area contributed by atoms with Crippen LogP contribution in [-0.4, -0.2) is 18.1 Å². The van der Waals surface area contributed by atoms with Crippen LogP contribution in [-0.2, 0) is 12.8 Å². The lowest BCUT2D eigenvalue weighted by atomic mass is 9.99. The van der Waals surface area contributed by atoms with Crippen molar-refractivity contribution in [1.82, 2.24) is 4.90 Å². The molecule has 1 unspecified atom stereocenters. The highest BCUT2D eigenvalue weighted by Crippen LogP contribution is 2.29. The van der Waals surface area contributed by atoms with Gasteiger partial charge in [0, 0.05) is 25.1 Å². The normalized spacial score (nSPS) is 17.3. The van der Waals surface area contributed by atoms with E-state index in [1.54, 1.807) is 0 Å². The first-order chi connectivity index (χ1) is 10.7. The van der Waals surface area contributed by atoms with Crippen LogP contribution in [0.1, 0.15) is 23.6 Å². The van der Waals surface area contributed by atoms with Gasteiger partial charge in [-0.1, -0.05) is 42.5 Å². The van der Waals surface area contributed by atoms with Crippen molar-refractivity contribution in [2.24, 2.45) is 0 Å². The minimum Gasteiger partial charge on any atom is -0.359 e. The van der Waals surface area contributed by atoms with Crippen molar-refractivity contribution in [3.05, 3.63) is 77.6 Å². The molecule has 0 radical (unpaired) electrons. The first kappa shape index (κ1) is 14.7. The van der Waals surface area contributed by atoms with Crippen LogP contribution >= 0.6 is 0 Å². The van der Waals surface area contributed by atoms with E-state index >= 15 is 0 Å². The third kappa shape index (κ3) is 2.87. The van der Waals surface area contributed by atoms with E-state index in [1.807, 2.05) is 0 Å². The van der Waals surface area contributed by atoms with Gasteiger partial charge in [-0.25, -0.2) is 0 Å². The summed E-state index contributed by atoms with van der Waals surface area (Å²) >= 11 is 0. The standard InChI is InChI=1S/C20H24N2/c1-16-19(13-12-18-8-5-4-6-9-18)10-7-11-20(16)22-15-14-21(3)17(22)2/h4-11,14-15,17H,12-13H2,1-3H3. The lowest BCUT2D eigenvalue weighted by molar-refractivity contribution is 0.383. The van der Waals surface area contributed by atoms with Gasteiger partial charge < -0.3 is 9.80 Å². The molecule has 2 aromatic rings. The van der Waals surface area contributed by atoms with E-state index in [0.717, 1.165) is 12.8 Å². The zero-order valence-electron chi connectivity index (χ0n) is 13.7. The number of benzene rings is 2. The quantitative estimate of drug-likeness (QED) is 0.826. The van der Waals surface area contributed by atoms with E-state index in [9.17, 15) is 0 Å². The van der Waals surface area contributed by atoms with Crippen molar-refractivity contribution < 1.29 is 0 Å². The lowest BCUT2D eigenvalue weighted by Gasteiger charge is -2.29. The fourth-order valence-corrected chi connectivity index (χ4v) is 3.05. The lowest BCUT2D eigenvalue weighted by Crippen LogP contribution is -2.33. The maximum absolute atomic E-state index is 2.35. The Morgan fingerprint density at radius 3 is 2.36 bits per heavy atom. The Hall–Kier alpha value is -2.22. The zero-order chi connectivity index (χ0) is 15.5. The van der Waals surface area contributed by atoms with Gasteiger partial charge in [-0.3, -0.25) is 0 Å². The third-order valence-electron chi connectivity index (χ3n) is 4.68. The van der Waals surface area contributed by atoms with Crippen molar-refractivity contribution in [2.75, 3.05) is 11.9 Å². The van der Waals surface area contributed by atoms with E-state index in [0.29, 0.717) is 6.17 Å². The number of anilines is 1. The first-order valence-electron chi connectivity index (χ1n) is 7.98. The Balaban J connectivity index is 1.79. The molecule has 2 aromatic carbocycles. The number of aryl methyl sites for hydroxylation is 2. The van der Waals surface area contributed by atoms with Gasteiger partial charge in [-0.05, 0) is 49.4 Å². The van der Waals surface area contributed by atoms with E-state index in [-0.39, 0.29) is 0 Å². The molecular formula is C20H24N2. The Morgan fingerprint density at radius 1 is 0.909 bits per heavy atom. The van der Waals surface area contributed by atoms with E-state index in [1.165, 1.54) is 22.4 Å². The molecule has 0 fully saturated rings. The molecule has 0 saturated carbocycles. The molecule has 1 heterocycles. The van der Waals surface area contributed by atoms with Crippen LogP contribution in [0.15, 0.2) is 60.9 Å². The molecule has 0 bridgehead atoms. The molecule has 1 aliphatic heterocycles. The van der Waals surface area contributed by atoms with Crippen LogP contribution in [0, 0.1) is 6.92 Å². The second-order valence-corrected chi connectivity index (χ2v) is 6.05. The molecule has 0 saturated heterocycles. The minimum atomic E-state index is 0.378. The Morgan fingerprint density at radius 2 is 1.68 bits per heavy atom. The third-order valence-corrected chi connectivity index (χ3v) is 4.68. The summed E-state index contributed by atoms with van der Waals surface area (Å²) in [5.41, 5.74) is 5.56. The van der Waals surface area contributed by atoms with Crippen LogP contribution in [0.4, 0.5) is 5.69 Å². The van der Waals surface area contributed by atoms with Crippen LogP contribution in [0.25, 0.3) is 0 Å². The second-order valence-electron chi connectivity index (χ2n) is 6.05. The molecule has 0 N–H and O–H groups in total. The molecule has 0 aliphatic carbocycles. The average Bonchev–Trinajstić information content (AvgIpc) is 2.87. The highest BCUT2D eigenvalue weighted by molar-refractivity contribution is 5.59. The van der Waals surface area contributed by atoms with Gasteiger partial charge in [0.15, 0.2) is 0 Å². The molecule has 0 aromatic heterocycles. The van der Waals surface area contributed by atoms with Gasteiger partial charge in [0.25, 0.3) is 0 Å². The second kappa shape index (κ2) is 6.27. The van der Waals surface area contributed by atoms with Crippen LogP contribution in [0.5, 0.6) is 0 Å². The van der Waals surface area contributed by atoms with E-state index < -0.39 is 0 Å². The SMILES string of the molecule is Cc1c(CCc2ccccc2)cccc1N1C=CN(C)C1C. The van der Waals surface area contributed by atoms with Gasteiger partial charge in [0.1, 0.15) is 6.17 Å². The number of hydrogen-bond donors (Lipinski definition) is 0. The highest BCUT2D eigenvalue weighted by Gasteiger charge is 2.21. The van der Waals surface area contributed by atoms with Crippen molar-refractivity contribution >= 4 is 5.69 Å². The predicted molar refractivity (Wildman–Crippen MR) is 93.9 cm³/mol. The van der Waals surface area contributed by atoms with Gasteiger partial charge in [0.2, 0.25) is 0 Å². The maximum atomic E-state index is 2.35. The number of hydrogen-bond acceptors (Lipinski definition) is 2. The summed E-state index contributed by atoms with van der Waals surface area (Å²) in [5.74, 6) is 0. The van der Waals surface area contributed by atoms with Gasteiger partial charge in [-0.2, -0.15) is 0 Å². The van der Waals surface area contributed by atoms with Gasteiger partial charge in [-0.15, -0.1) is 0 Å². The Labute approximate surface area is 133 Å². The van der Waals surface area contributed by atoms with Crippen LogP contribution in [0.2, 0.25) is 0 Å². The van der Waals surface area contributed by atoms with Crippen LogP contribution in [0.3, 0.4) is 0 Å². The van der Waals surface area contributed by atoms with Crippen LogP contribution < -0.4 is 4.90 Å². The monoisotopic (exact) mass is 292 g/mol. The summed E-state index contributed by atoms with van der Waals surface area (Å²) in [6, 6.07) is 17.4. The van der Waals surface area contributed by atoms with E-state index in [2.05, 4.69) is 91.6 Å². The van der Waals surface area contributed by atoms with E-state index in [4.69, 9.17) is 0 Å². The molecule has 2 nitrogen and oxygen atoms in total. The largest absolute Gasteiger partial charge is 0.359 e. The van der Waals surface area contributed by atoms with Gasteiger partial charge >= 0.3 is 0 Å². The number of nitrogens with zero attached hydrogens (tertiary/aromatic N) is 2. The summed E-state index contributed by atoms with van der Waals surface area (Å²) in [5, 5.41) is 0. The summed E-state index contributed by atoms with van der Waals surface area (Å²) in [6.07, 6.45) is 6.87. The smallest absolute Gasteiger partial charge is 0.102 e. The van der Waals surface area contributed by atoms with Crippen molar-refractivity contribution in [2.45, 2.75) is 32.9 Å². The molecule has 1 atom stereocenters. The molecule has 1 aliphatic rings. The maximum Gasteiger partial charge on any atom is 0.102 e. The van der Waals surface area contributed by atoms with Crippen molar-refractivity contribution in [3.8, 4) is 0 Å². The summed E-state index contributed by atoms with van der Waals surface area (Å²) < 4.78 is 0. The fraction of sp³-hybridized carbons (Fsp3) is 0.300. The van der Waals surface area contributed by atoms with Crippen molar-refractivity contribution in [1.29, 1.82) is 0 Å². The summed E-state index contributed by atoms with van der Waals surface area (Å²) in [6.45, 7) is 4.48. The molecule has 114 valence electrons. The molecule has 2 heteroatoms. The number of rotatable bonds is 4. The van der Waals surface area contributed by atoms with Crippen molar-refractivity contribution in [3.63, 3.8) is 0 Å². The fourth-order valence-electron chi connectivity index (χ4n) is 3.05. The van der Waals surface area contributed by atoms with Gasteiger partial charge in [0.05, 0.1) is 0 Å². The Kier molecular flexibility index (Phi) is 4.19. The average molecular weight is 292 g/mol. The molecule has 3 rings (SSSR count). The minimum absolute atomic E-state index is 0.378.